The summed E-state index contributed by atoms with van der Waals surface area (Å²) in [6, 6.07) is 3.28. The third kappa shape index (κ3) is 3.13. The molecule has 0 radical (unpaired) electrons. The predicted molar refractivity (Wildman–Crippen MR) is 68.1 cm³/mol. The summed E-state index contributed by atoms with van der Waals surface area (Å²) < 4.78 is 52.0. The Bertz CT molecular complexity index is 610. The Kier molecular flexibility index (Phi) is 4.50. The first kappa shape index (κ1) is 16.5. The number of hydrogen-bond acceptors (Lipinski definition) is 3. The highest BCUT2D eigenvalue weighted by atomic mass is 32.2. The third-order valence-corrected chi connectivity index (χ3v) is 4.91. The van der Waals surface area contributed by atoms with Crippen molar-refractivity contribution in [3.63, 3.8) is 0 Å². The van der Waals surface area contributed by atoms with Crippen LogP contribution in [0.1, 0.15) is 19.4 Å². The van der Waals surface area contributed by atoms with E-state index in [1.54, 1.807) is 0 Å². The topological polar surface area (TPSA) is 74.7 Å². The first-order chi connectivity index (χ1) is 8.99. The lowest BCUT2D eigenvalue weighted by Gasteiger charge is -2.23. The first-order valence-electron chi connectivity index (χ1n) is 5.67. The number of carboxylic acid groups (broad SMARTS) is 1. The van der Waals surface area contributed by atoms with Crippen LogP contribution in [0, 0.1) is 0 Å². The molecule has 112 valence electrons. The van der Waals surface area contributed by atoms with E-state index in [1.165, 1.54) is 12.1 Å². The highest BCUT2D eigenvalue weighted by molar-refractivity contribution is 7.89. The quantitative estimate of drug-likeness (QED) is 0.901. The van der Waals surface area contributed by atoms with Crippen molar-refractivity contribution in [2.24, 2.45) is 0 Å². The summed E-state index contributed by atoms with van der Waals surface area (Å²) in [5.74, 6) is -4.71. The van der Waals surface area contributed by atoms with Crippen molar-refractivity contribution in [1.82, 2.24) is 4.31 Å². The molecule has 0 saturated heterocycles. The van der Waals surface area contributed by atoms with E-state index in [0.29, 0.717) is 11.2 Å². The van der Waals surface area contributed by atoms with Crippen molar-refractivity contribution in [1.29, 1.82) is 0 Å². The third-order valence-electron chi connectivity index (χ3n) is 2.92. The van der Waals surface area contributed by atoms with Gasteiger partial charge in [0, 0.05) is 19.5 Å². The molecule has 1 aromatic carbocycles. The smallest absolute Gasteiger partial charge is 0.321 e. The highest BCUT2D eigenvalue weighted by Gasteiger charge is 2.36. The SMILES string of the molecule is C[C@H](C(=O)O)N(C)S(=O)(=O)c1ccccc1C(C)(F)F. The molecular formula is C12H15F2NO4S. The van der Waals surface area contributed by atoms with Crippen molar-refractivity contribution >= 4 is 16.0 Å². The number of benzene rings is 1. The Morgan fingerprint density at radius 1 is 1.35 bits per heavy atom. The molecule has 5 nitrogen and oxygen atoms in total. The van der Waals surface area contributed by atoms with E-state index in [0.717, 1.165) is 26.1 Å². The molecule has 0 aliphatic rings. The second-order valence-electron chi connectivity index (χ2n) is 4.42. The van der Waals surface area contributed by atoms with Crippen LogP contribution >= 0.6 is 0 Å². The van der Waals surface area contributed by atoms with E-state index in [2.05, 4.69) is 0 Å². The van der Waals surface area contributed by atoms with Crippen molar-refractivity contribution in [2.75, 3.05) is 7.05 Å². The van der Waals surface area contributed by atoms with Gasteiger partial charge in [0.2, 0.25) is 10.0 Å². The Labute approximate surface area is 115 Å². The minimum Gasteiger partial charge on any atom is -0.480 e. The largest absolute Gasteiger partial charge is 0.480 e. The zero-order valence-electron chi connectivity index (χ0n) is 11.2. The molecule has 1 aromatic rings. The van der Waals surface area contributed by atoms with Crippen molar-refractivity contribution in [3.05, 3.63) is 29.8 Å². The van der Waals surface area contributed by atoms with E-state index < -0.39 is 38.4 Å². The molecule has 0 aliphatic heterocycles. The summed E-state index contributed by atoms with van der Waals surface area (Å²) in [7, 11) is -3.28. The van der Waals surface area contributed by atoms with Crippen LogP contribution in [0.2, 0.25) is 0 Å². The number of likely N-dealkylation sites (N-methyl/N-ethyl adjacent to an activating group) is 1. The van der Waals surface area contributed by atoms with Gasteiger partial charge in [0.1, 0.15) is 6.04 Å². The van der Waals surface area contributed by atoms with Gasteiger partial charge in [0.15, 0.2) is 0 Å². The Morgan fingerprint density at radius 3 is 2.30 bits per heavy atom. The zero-order chi connectivity index (χ0) is 15.7. The molecule has 1 N–H and O–H groups in total. The second kappa shape index (κ2) is 5.45. The number of halogens is 2. The first-order valence-corrected chi connectivity index (χ1v) is 7.11. The van der Waals surface area contributed by atoms with Crippen LogP contribution in [-0.2, 0) is 20.7 Å². The molecule has 8 heteroatoms. The lowest BCUT2D eigenvalue weighted by Crippen LogP contribution is -2.40. The molecule has 0 heterocycles. The van der Waals surface area contributed by atoms with Gasteiger partial charge in [-0.1, -0.05) is 18.2 Å². The molecule has 0 aliphatic carbocycles. The zero-order valence-corrected chi connectivity index (χ0v) is 12.0. The average molecular weight is 307 g/mol. The van der Waals surface area contributed by atoms with E-state index in [9.17, 15) is 22.0 Å². The predicted octanol–water partition coefficient (Wildman–Crippen LogP) is 1.89. The summed E-state index contributed by atoms with van der Waals surface area (Å²) in [6.45, 7) is 1.74. The number of carboxylic acids is 1. The van der Waals surface area contributed by atoms with Crippen LogP contribution < -0.4 is 0 Å². The van der Waals surface area contributed by atoms with E-state index >= 15 is 0 Å². The maximum atomic E-state index is 13.5. The van der Waals surface area contributed by atoms with Crippen LogP contribution in [0.3, 0.4) is 0 Å². The summed E-state index contributed by atoms with van der Waals surface area (Å²) >= 11 is 0. The highest BCUT2D eigenvalue weighted by Crippen LogP contribution is 2.33. The van der Waals surface area contributed by atoms with Crippen molar-refractivity contribution < 1.29 is 27.1 Å². The molecule has 1 rings (SSSR count). The number of rotatable bonds is 5. The molecule has 0 saturated carbocycles. The number of sulfonamides is 1. The van der Waals surface area contributed by atoms with E-state index in [-0.39, 0.29) is 0 Å². The number of alkyl halides is 2. The van der Waals surface area contributed by atoms with Crippen LogP contribution in [0.4, 0.5) is 8.78 Å². The standard InChI is InChI=1S/C12H15F2NO4S/c1-8(11(16)17)15(3)20(18,19)10-7-5-4-6-9(10)12(2,13)14/h4-8H,1-3H3,(H,16,17)/t8-/m1/s1. The van der Waals surface area contributed by atoms with Crippen LogP contribution in [0.5, 0.6) is 0 Å². The lowest BCUT2D eigenvalue weighted by molar-refractivity contribution is -0.140. The second-order valence-corrected chi connectivity index (χ2v) is 6.39. The Morgan fingerprint density at radius 2 is 1.85 bits per heavy atom. The van der Waals surface area contributed by atoms with Crippen LogP contribution in [-0.4, -0.2) is 36.9 Å². The molecule has 0 fully saturated rings. The number of aliphatic carboxylic acids is 1. The van der Waals surface area contributed by atoms with Gasteiger partial charge in [-0.25, -0.2) is 17.2 Å². The van der Waals surface area contributed by atoms with Gasteiger partial charge in [-0.15, -0.1) is 0 Å². The van der Waals surface area contributed by atoms with Crippen LogP contribution in [0.15, 0.2) is 29.2 Å². The minimum atomic E-state index is -4.32. The monoisotopic (exact) mass is 307 g/mol. The average Bonchev–Trinajstić information content (AvgIpc) is 2.35. The molecule has 1 atom stereocenters. The number of carbonyl (C=O) groups is 1. The Balaban J connectivity index is 3.41. The molecule has 0 spiro atoms. The molecule has 0 unspecified atom stereocenters. The maximum absolute atomic E-state index is 13.5. The number of nitrogens with zero attached hydrogens (tertiary/aromatic N) is 1. The van der Waals surface area contributed by atoms with Gasteiger partial charge < -0.3 is 5.11 Å². The maximum Gasteiger partial charge on any atom is 0.321 e. The fraction of sp³-hybridized carbons (Fsp3) is 0.417. The minimum absolute atomic E-state index is 0.555. The normalized spacial score (nSPS) is 14.3. The van der Waals surface area contributed by atoms with Gasteiger partial charge in [-0.2, -0.15) is 4.31 Å². The Hall–Kier alpha value is -1.54. The molecule has 0 bridgehead atoms. The van der Waals surface area contributed by atoms with Crippen molar-refractivity contribution in [3.8, 4) is 0 Å². The molecule has 0 amide bonds. The van der Waals surface area contributed by atoms with Gasteiger partial charge in [-0.05, 0) is 13.0 Å². The van der Waals surface area contributed by atoms with E-state index in [4.69, 9.17) is 5.11 Å². The summed E-state index contributed by atoms with van der Waals surface area (Å²) in [5.41, 5.74) is -0.663. The lowest BCUT2D eigenvalue weighted by atomic mass is 10.1. The number of hydrogen-bond donors (Lipinski definition) is 1. The van der Waals surface area contributed by atoms with E-state index in [1.807, 2.05) is 0 Å². The summed E-state index contributed by atoms with van der Waals surface area (Å²) in [4.78, 5) is 10.3. The summed E-state index contributed by atoms with van der Waals surface area (Å²) in [5, 5.41) is 8.84. The molecular weight excluding hydrogens is 292 g/mol. The molecule has 0 aromatic heterocycles. The fourth-order valence-electron chi connectivity index (χ4n) is 1.57. The molecule has 20 heavy (non-hydrogen) atoms. The van der Waals surface area contributed by atoms with Crippen molar-refractivity contribution in [2.45, 2.75) is 30.7 Å². The summed E-state index contributed by atoms with van der Waals surface area (Å²) in [6.07, 6.45) is 0. The van der Waals surface area contributed by atoms with Crippen LogP contribution in [0.25, 0.3) is 0 Å². The van der Waals surface area contributed by atoms with Gasteiger partial charge in [-0.3, -0.25) is 4.79 Å². The van der Waals surface area contributed by atoms with Gasteiger partial charge in [0.05, 0.1) is 4.90 Å². The van der Waals surface area contributed by atoms with Gasteiger partial charge in [0.25, 0.3) is 5.92 Å². The van der Waals surface area contributed by atoms with Gasteiger partial charge >= 0.3 is 5.97 Å². The fourth-order valence-corrected chi connectivity index (χ4v) is 3.17.